The van der Waals surface area contributed by atoms with Gasteiger partial charge in [0.25, 0.3) is 5.91 Å². The predicted molar refractivity (Wildman–Crippen MR) is 92.2 cm³/mol. The van der Waals surface area contributed by atoms with E-state index in [-0.39, 0.29) is 41.8 Å². The number of ketones is 2. The molecule has 0 bridgehead atoms. The zero-order chi connectivity index (χ0) is 17.8. The largest absolute Gasteiger partial charge is 0.369 e. The summed E-state index contributed by atoms with van der Waals surface area (Å²) in [4.78, 5) is 36.0. The van der Waals surface area contributed by atoms with Gasteiger partial charge in [0.1, 0.15) is 6.61 Å². The van der Waals surface area contributed by atoms with Crippen molar-refractivity contribution in [2.45, 2.75) is 13.0 Å². The number of allylic oxidation sites excluding steroid dienone is 1. The van der Waals surface area contributed by atoms with Gasteiger partial charge >= 0.3 is 0 Å². The van der Waals surface area contributed by atoms with Crippen LogP contribution in [0, 0.1) is 0 Å². The number of nitrogens with one attached hydrogen (secondary N) is 1. The van der Waals surface area contributed by atoms with E-state index in [1.165, 1.54) is 0 Å². The Labute approximate surface area is 145 Å². The fourth-order valence-electron chi connectivity index (χ4n) is 2.65. The lowest BCUT2D eigenvalue weighted by Gasteiger charge is -2.17. The van der Waals surface area contributed by atoms with E-state index in [0.717, 1.165) is 5.56 Å². The highest BCUT2D eigenvalue weighted by atomic mass is 16.5. The maximum atomic E-state index is 12.1. The lowest BCUT2D eigenvalue weighted by molar-refractivity contribution is -0.123. The molecule has 0 saturated carbocycles. The number of benzene rings is 2. The molecular weight excluding hydrogens is 318 g/mol. The van der Waals surface area contributed by atoms with Gasteiger partial charge in [-0.3, -0.25) is 14.4 Å². The molecule has 1 amide bonds. The minimum absolute atomic E-state index is 0.00683. The van der Waals surface area contributed by atoms with Gasteiger partial charge in [0.2, 0.25) is 5.78 Å². The molecule has 0 aliphatic carbocycles. The van der Waals surface area contributed by atoms with Crippen LogP contribution in [0.1, 0.15) is 31.8 Å². The summed E-state index contributed by atoms with van der Waals surface area (Å²) in [6, 6.07) is 14.4. The zero-order valence-electron chi connectivity index (χ0n) is 13.6. The van der Waals surface area contributed by atoms with Gasteiger partial charge in [-0.2, -0.15) is 0 Å². The number of fused-ring (bicyclic) bond motifs is 1. The Kier molecular flexibility index (Phi) is 4.86. The number of rotatable bonds is 6. The van der Waals surface area contributed by atoms with E-state index in [1.54, 1.807) is 18.2 Å². The van der Waals surface area contributed by atoms with Crippen molar-refractivity contribution in [3.63, 3.8) is 0 Å². The Morgan fingerprint density at radius 2 is 1.76 bits per heavy atom. The quantitative estimate of drug-likeness (QED) is 0.823. The van der Waals surface area contributed by atoms with Gasteiger partial charge in [-0.25, -0.2) is 0 Å². The van der Waals surface area contributed by atoms with Crippen LogP contribution in [0.25, 0.3) is 0 Å². The molecule has 1 aliphatic rings. The van der Waals surface area contributed by atoms with Crippen molar-refractivity contribution in [1.29, 1.82) is 0 Å². The van der Waals surface area contributed by atoms with Crippen LogP contribution >= 0.6 is 0 Å². The lowest BCUT2D eigenvalue weighted by Crippen LogP contribution is -2.34. The SMILES string of the molecule is C=C1NC(=O)c2ccc(CC(=O)COCc3ccccc3)cc2C1=O. The second-order valence-electron chi connectivity index (χ2n) is 5.84. The van der Waals surface area contributed by atoms with Crippen molar-refractivity contribution in [2.75, 3.05) is 6.61 Å². The number of ether oxygens (including phenoxy) is 1. The summed E-state index contributed by atoms with van der Waals surface area (Å²) in [5, 5.41) is 2.42. The second-order valence-corrected chi connectivity index (χ2v) is 5.84. The van der Waals surface area contributed by atoms with Crippen LogP contribution in [-0.2, 0) is 22.6 Å². The summed E-state index contributed by atoms with van der Waals surface area (Å²) in [6.07, 6.45) is 0.142. The first-order valence-corrected chi connectivity index (χ1v) is 7.86. The molecule has 2 aromatic carbocycles. The highest BCUT2D eigenvalue weighted by Crippen LogP contribution is 2.20. The first kappa shape index (κ1) is 16.8. The third kappa shape index (κ3) is 3.89. The molecule has 5 heteroatoms. The number of carbonyl (C=O) groups excluding carboxylic acids is 3. The van der Waals surface area contributed by atoms with Gasteiger partial charge in [0, 0.05) is 12.0 Å². The van der Waals surface area contributed by atoms with E-state index >= 15 is 0 Å². The molecule has 5 nitrogen and oxygen atoms in total. The van der Waals surface area contributed by atoms with E-state index in [9.17, 15) is 14.4 Å². The third-order valence-corrected chi connectivity index (χ3v) is 3.89. The van der Waals surface area contributed by atoms with Crippen molar-refractivity contribution < 1.29 is 19.1 Å². The highest BCUT2D eigenvalue weighted by molar-refractivity contribution is 6.20. The van der Waals surface area contributed by atoms with Gasteiger partial charge < -0.3 is 10.1 Å². The first-order chi connectivity index (χ1) is 12.0. The number of amides is 1. The Morgan fingerprint density at radius 1 is 1.00 bits per heavy atom. The van der Waals surface area contributed by atoms with Crippen molar-refractivity contribution in [3.05, 3.63) is 83.1 Å². The summed E-state index contributed by atoms with van der Waals surface area (Å²) in [6.45, 7) is 3.90. The molecule has 1 N–H and O–H groups in total. The van der Waals surface area contributed by atoms with Crippen molar-refractivity contribution in [3.8, 4) is 0 Å². The molecule has 3 rings (SSSR count). The van der Waals surface area contributed by atoms with Gasteiger partial charge in [0.05, 0.1) is 17.9 Å². The fraction of sp³-hybridized carbons (Fsp3) is 0.150. The Hall–Kier alpha value is -3.05. The van der Waals surface area contributed by atoms with E-state index in [2.05, 4.69) is 11.9 Å². The van der Waals surface area contributed by atoms with E-state index in [4.69, 9.17) is 4.74 Å². The molecule has 0 unspecified atom stereocenters. The molecule has 1 aliphatic heterocycles. The minimum atomic E-state index is -0.358. The average molecular weight is 335 g/mol. The van der Waals surface area contributed by atoms with Crippen molar-refractivity contribution in [2.24, 2.45) is 0 Å². The zero-order valence-corrected chi connectivity index (χ0v) is 13.6. The van der Waals surface area contributed by atoms with Crippen LogP contribution in [-0.4, -0.2) is 24.1 Å². The number of hydrogen-bond donors (Lipinski definition) is 1. The molecule has 0 atom stereocenters. The summed E-state index contributed by atoms with van der Waals surface area (Å²) in [7, 11) is 0. The van der Waals surface area contributed by atoms with Gasteiger partial charge in [-0.1, -0.05) is 43.0 Å². The van der Waals surface area contributed by atoms with Crippen molar-refractivity contribution in [1.82, 2.24) is 5.32 Å². The predicted octanol–water partition coefficient (Wildman–Crippen LogP) is 2.45. The molecule has 2 aromatic rings. The highest BCUT2D eigenvalue weighted by Gasteiger charge is 2.26. The molecule has 0 fully saturated rings. The van der Waals surface area contributed by atoms with Crippen LogP contribution in [0.3, 0.4) is 0 Å². The fourth-order valence-corrected chi connectivity index (χ4v) is 2.65. The van der Waals surface area contributed by atoms with Crippen LogP contribution in [0.2, 0.25) is 0 Å². The first-order valence-electron chi connectivity index (χ1n) is 7.86. The van der Waals surface area contributed by atoms with Gasteiger partial charge in [0.15, 0.2) is 5.78 Å². The molecule has 126 valence electrons. The van der Waals surface area contributed by atoms with Gasteiger partial charge in [-0.15, -0.1) is 0 Å². The maximum absolute atomic E-state index is 12.1. The molecular formula is C20H17NO4. The third-order valence-electron chi connectivity index (χ3n) is 3.89. The van der Waals surface area contributed by atoms with Gasteiger partial charge in [-0.05, 0) is 23.3 Å². The molecule has 0 saturated heterocycles. The summed E-state index contributed by atoms with van der Waals surface area (Å²) >= 11 is 0. The monoisotopic (exact) mass is 335 g/mol. The van der Waals surface area contributed by atoms with Crippen molar-refractivity contribution >= 4 is 17.5 Å². The molecule has 1 heterocycles. The number of hydrogen-bond acceptors (Lipinski definition) is 4. The average Bonchev–Trinajstić information content (AvgIpc) is 2.60. The smallest absolute Gasteiger partial charge is 0.256 e. The maximum Gasteiger partial charge on any atom is 0.256 e. The second kappa shape index (κ2) is 7.23. The molecule has 0 spiro atoms. The van der Waals surface area contributed by atoms with E-state index in [1.807, 2.05) is 30.3 Å². The van der Waals surface area contributed by atoms with E-state index < -0.39 is 0 Å². The Bertz CT molecular complexity index is 855. The number of carbonyl (C=O) groups is 3. The minimum Gasteiger partial charge on any atom is -0.369 e. The van der Waals surface area contributed by atoms with Crippen LogP contribution in [0.5, 0.6) is 0 Å². The van der Waals surface area contributed by atoms with Crippen LogP contribution in [0.15, 0.2) is 60.8 Å². The normalized spacial score (nSPS) is 13.4. The lowest BCUT2D eigenvalue weighted by atomic mass is 9.94. The Balaban J connectivity index is 1.61. The summed E-state index contributed by atoms with van der Waals surface area (Å²) in [5.41, 5.74) is 2.30. The van der Waals surface area contributed by atoms with E-state index in [0.29, 0.717) is 17.7 Å². The standard InChI is InChI=1S/C20H17NO4/c1-13-19(23)18-10-15(7-8-17(18)20(24)21-13)9-16(22)12-25-11-14-5-3-2-4-6-14/h2-8,10H,1,9,11-12H2,(H,21,24). The number of Topliss-reactive ketones (excluding diaryl/α,β-unsaturated/α-hetero) is 2. The molecule has 25 heavy (non-hydrogen) atoms. The topological polar surface area (TPSA) is 72.5 Å². The van der Waals surface area contributed by atoms with Crippen LogP contribution in [0.4, 0.5) is 0 Å². The molecule has 0 aromatic heterocycles. The summed E-state index contributed by atoms with van der Waals surface area (Å²) in [5.74, 6) is -0.782. The molecule has 0 radical (unpaired) electrons. The summed E-state index contributed by atoms with van der Waals surface area (Å²) < 4.78 is 5.43. The van der Waals surface area contributed by atoms with Crippen LogP contribution < -0.4 is 5.32 Å². The Morgan fingerprint density at radius 3 is 2.52 bits per heavy atom.